The van der Waals surface area contributed by atoms with Crippen molar-refractivity contribution in [3.63, 3.8) is 0 Å². The zero-order valence-electron chi connectivity index (χ0n) is 56.5. The van der Waals surface area contributed by atoms with Crippen molar-refractivity contribution in [2.24, 2.45) is 11.1 Å². The van der Waals surface area contributed by atoms with Gasteiger partial charge in [0.25, 0.3) is 5.91 Å². The molecule has 524 valence electrons. The van der Waals surface area contributed by atoms with Gasteiger partial charge in [-0.3, -0.25) is 38.4 Å². The van der Waals surface area contributed by atoms with E-state index in [1.807, 2.05) is 36.4 Å². The average Bonchev–Trinajstić information content (AvgIpc) is 1.65. The highest BCUT2D eigenvalue weighted by molar-refractivity contribution is 5.98. The zero-order valence-corrected chi connectivity index (χ0v) is 56.5. The van der Waals surface area contributed by atoms with Gasteiger partial charge in [-0.25, -0.2) is 9.59 Å². The van der Waals surface area contributed by atoms with Crippen LogP contribution in [0.2, 0.25) is 0 Å². The van der Waals surface area contributed by atoms with Crippen molar-refractivity contribution in [1.29, 1.82) is 0 Å². The second-order valence-electron chi connectivity index (χ2n) is 25.8. The van der Waals surface area contributed by atoms with Crippen LogP contribution in [0.3, 0.4) is 0 Å². The molecule has 0 radical (unpaired) electrons. The first-order valence-corrected chi connectivity index (χ1v) is 32.8. The van der Waals surface area contributed by atoms with Crippen LogP contribution in [-0.4, -0.2) is 192 Å². The van der Waals surface area contributed by atoms with Crippen LogP contribution < -0.4 is 53.0 Å². The van der Waals surface area contributed by atoms with Crippen molar-refractivity contribution in [1.82, 2.24) is 52.3 Å². The number of hydrogen-bond acceptors (Lipinski definition) is 16. The van der Waals surface area contributed by atoms with Gasteiger partial charge in [0.1, 0.15) is 60.9 Å². The minimum atomic E-state index is -1.50. The fraction of sp³-hybridized carbons (Fsp3) is 0.431. The summed E-state index contributed by atoms with van der Waals surface area (Å²) in [7, 11) is 3.22. The van der Waals surface area contributed by atoms with E-state index < -0.39 is 125 Å². The molecule has 0 aliphatic carbocycles. The molecule has 12 atom stereocenters. The topological polar surface area (TPSA) is 375 Å². The Kier molecular flexibility index (Phi) is 27.3. The number of carbonyl (C=O) groups excluding carboxylic acids is 9. The molecule has 0 bridgehead atoms. The van der Waals surface area contributed by atoms with Gasteiger partial charge in [-0.05, 0) is 110 Å². The molecule has 5 aromatic carbocycles. The number of carboxylic acids is 2. The third kappa shape index (κ3) is 20.8. The number of rotatable bonds is 33. The Balaban J connectivity index is 1.03. The van der Waals surface area contributed by atoms with Crippen LogP contribution in [0.4, 0.5) is 0 Å². The van der Waals surface area contributed by atoms with Crippen molar-refractivity contribution in [2.75, 3.05) is 40.4 Å². The molecule has 98 heavy (non-hydrogen) atoms. The lowest BCUT2D eigenvalue weighted by Crippen LogP contribution is -2.61. The molecule has 0 spiro atoms. The van der Waals surface area contributed by atoms with E-state index in [0.717, 1.165) is 10.8 Å². The molecule has 5 aromatic rings. The van der Waals surface area contributed by atoms with Gasteiger partial charge in [0.15, 0.2) is 0 Å². The van der Waals surface area contributed by atoms with E-state index in [1.54, 1.807) is 128 Å². The highest BCUT2D eigenvalue weighted by Gasteiger charge is 2.47. The largest absolute Gasteiger partial charge is 0.490 e. The first-order chi connectivity index (χ1) is 46.7. The van der Waals surface area contributed by atoms with Gasteiger partial charge in [0.2, 0.25) is 41.4 Å². The van der Waals surface area contributed by atoms with E-state index in [1.165, 1.54) is 34.1 Å². The second-order valence-corrected chi connectivity index (χ2v) is 25.8. The van der Waals surface area contributed by atoms with E-state index in [0.29, 0.717) is 47.1 Å². The molecule has 2 heterocycles. The summed E-state index contributed by atoms with van der Waals surface area (Å²) in [5.41, 5.74) is 7.45. The highest BCUT2D eigenvalue weighted by atomic mass is 16.5. The molecule has 12 N–H and O–H groups in total. The summed E-state index contributed by atoms with van der Waals surface area (Å²) >= 11 is 0. The lowest BCUT2D eigenvalue weighted by atomic mass is 9.85. The number of nitrogens with zero attached hydrogens (tertiary/aromatic N) is 2. The maximum atomic E-state index is 15.1. The Bertz CT molecular complexity index is 3660. The summed E-state index contributed by atoms with van der Waals surface area (Å²) in [5.74, 6) is -7.00. The summed E-state index contributed by atoms with van der Waals surface area (Å²) in [6.07, 6.45) is 3.78. The maximum absolute atomic E-state index is 15.1. The minimum Gasteiger partial charge on any atom is -0.490 e. The van der Waals surface area contributed by atoms with Crippen LogP contribution >= 0.6 is 0 Å². The molecule has 2 aliphatic rings. The van der Waals surface area contributed by atoms with E-state index in [9.17, 15) is 53.4 Å². The Morgan fingerprint density at radius 2 is 1.15 bits per heavy atom. The van der Waals surface area contributed by atoms with E-state index in [2.05, 4.69) is 42.5 Å². The second kappa shape index (κ2) is 35.4. The third-order valence-corrected chi connectivity index (χ3v) is 17.6. The molecular formula is C72H91N11O15. The molecule has 26 nitrogen and oxygen atoms in total. The summed E-state index contributed by atoms with van der Waals surface area (Å²) in [6, 6.07) is 22.5. The van der Waals surface area contributed by atoms with Gasteiger partial charge in [-0.2, -0.15) is 0 Å². The number of carboxylic acid groups (broad SMARTS) is 2. The Morgan fingerprint density at radius 1 is 0.602 bits per heavy atom. The number of likely N-dealkylation sites (N-methyl/N-ethyl adjacent to an activating group) is 2. The van der Waals surface area contributed by atoms with Gasteiger partial charge in [-0.15, -0.1) is 0 Å². The fourth-order valence-corrected chi connectivity index (χ4v) is 11.5. The molecule has 7 rings (SSSR count). The normalized spacial score (nSPS) is 18.6. The quantitative estimate of drug-likeness (QED) is 0.0212. The summed E-state index contributed by atoms with van der Waals surface area (Å²) in [4.78, 5) is 151. The lowest BCUT2D eigenvalue weighted by molar-refractivity contribution is -0.145. The van der Waals surface area contributed by atoms with Crippen molar-refractivity contribution in [3.8, 4) is 5.75 Å². The number of benzene rings is 5. The van der Waals surface area contributed by atoms with Crippen molar-refractivity contribution in [2.45, 2.75) is 153 Å². The first-order valence-electron chi connectivity index (χ1n) is 32.8. The summed E-state index contributed by atoms with van der Waals surface area (Å²) in [6.45, 7) is 10.6. The molecule has 8 amide bonds. The number of fused-ring (bicyclic) bond motifs is 1. The van der Waals surface area contributed by atoms with Crippen LogP contribution in [0.25, 0.3) is 10.8 Å². The highest BCUT2D eigenvalue weighted by Crippen LogP contribution is 2.28. The number of aliphatic carboxylic acids is 2. The summed E-state index contributed by atoms with van der Waals surface area (Å²) < 4.78 is 11.9. The molecule has 2 aliphatic heterocycles. The number of likely N-dealkylation sites (tertiary alicyclic amines) is 2. The SMILES string of the molecule is CC[C@H](NC(=O)[C@H](C)NC)C(=O)N1C[C@@H](OC/C=C/COc2ccc(C[C@H](NC(=O)[C@H](Cc3ccc4ccccc4c3)NC(=O)[C@@H]3C[C@H](NC(=O)c4ccc(C[C@H](NC(=O)[C@@H](N)c5ccccc5)C(=O)O)cc4)CN3C(=O)[C@@H](NC(=O)[C@H](C)NC)C(C)(C)C)C(=O)O)cc2)CC1C=O. The monoisotopic (exact) mass is 1350 g/mol. The number of nitrogens with two attached hydrogens (primary N) is 1. The van der Waals surface area contributed by atoms with Gasteiger partial charge >= 0.3 is 11.9 Å². The van der Waals surface area contributed by atoms with E-state index >= 15 is 9.59 Å². The third-order valence-electron chi connectivity index (χ3n) is 17.6. The summed E-state index contributed by atoms with van der Waals surface area (Å²) in [5, 5.41) is 44.6. The van der Waals surface area contributed by atoms with Crippen LogP contribution in [0.5, 0.6) is 5.75 Å². The van der Waals surface area contributed by atoms with Crippen LogP contribution in [0.1, 0.15) is 99.5 Å². The zero-order chi connectivity index (χ0) is 71.4. The smallest absolute Gasteiger partial charge is 0.326 e. The number of aldehydes is 1. The molecule has 0 aromatic heterocycles. The predicted octanol–water partition coefficient (Wildman–Crippen LogP) is 2.65. The molecule has 26 heteroatoms. The van der Waals surface area contributed by atoms with Crippen molar-refractivity contribution in [3.05, 3.63) is 161 Å². The van der Waals surface area contributed by atoms with Crippen LogP contribution in [-0.2, 0) is 71.9 Å². The van der Waals surface area contributed by atoms with Crippen LogP contribution in [0.15, 0.2) is 133 Å². The molecular weight excluding hydrogens is 1260 g/mol. The van der Waals surface area contributed by atoms with Gasteiger partial charge in [0.05, 0.1) is 30.8 Å². The first kappa shape index (κ1) is 75.5. The Morgan fingerprint density at radius 3 is 1.74 bits per heavy atom. The maximum Gasteiger partial charge on any atom is 0.326 e. The molecule has 2 fully saturated rings. The number of amides is 8. The minimum absolute atomic E-state index is 0.124. The number of ether oxygens (including phenoxy) is 2. The standard InChI is InChI=1S/C72H91N11O15/c1-9-55(77-62(85)42(2)74-7)68(91)82-40-54(38-52(82)41-84)98-32-16-15-31-97-53-29-24-45(25-30-53)35-57(70(93)94)79-65(88)56(36-46-23-26-47-17-13-14-20-50(47)33-46)78-66(89)59-37-51(39-83(59)69(92)61(72(4,5)6)81-63(86)43(3)75-8)76-64(87)49-27-21-44(22-28-49)34-58(71(95)96)80-67(90)60(73)48-18-11-10-12-19-48/h10-30,33,41-43,51-52,54-61,74-75H,9,31-32,34-40,73H2,1-8H3,(H,76,87)(H,77,85)(H,78,89)(H,79,88)(H,80,90)(H,81,86)(H,93,94)(H,95,96)/b16-15+/t42-,43-,51-,52?,54-,55-,56-,57-,58-,59-,60-,61+/m0/s1. The van der Waals surface area contributed by atoms with E-state index in [-0.39, 0.29) is 69.4 Å². The van der Waals surface area contributed by atoms with Gasteiger partial charge < -0.3 is 82.5 Å². The number of carbonyl (C=O) groups is 11. The van der Waals surface area contributed by atoms with Gasteiger partial charge in [0, 0.05) is 50.4 Å². The molecule has 1 unspecified atom stereocenters. The van der Waals surface area contributed by atoms with Crippen molar-refractivity contribution >= 4 is 76.3 Å². The molecule has 2 saturated heterocycles. The Hall–Kier alpha value is -9.89. The fourth-order valence-electron chi connectivity index (χ4n) is 11.5. The van der Waals surface area contributed by atoms with E-state index in [4.69, 9.17) is 15.2 Å². The number of nitrogens with one attached hydrogen (secondary N) is 8. The van der Waals surface area contributed by atoms with Crippen LogP contribution in [0, 0.1) is 5.41 Å². The predicted molar refractivity (Wildman–Crippen MR) is 365 cm³/mol. The average molecular weight is 1350 g/mol. The molecule has 0 saturated carbocycles. The lowest BCUT2D eigenvalue weighted by Gasteiger charge is -2.36. The van der Waals surface area contributed by atoms with Gasteiger partial charge in [-0.1, -0.05) is 131 Å². The Labute approximate surface area is 569 Å². The van der Waals surface area contributed by atoms with Crippen molar-refractivity contribution < 1.29 is 72.4 Å². The number of hydrogen-bond donors (Lipinski definition) is 11.